The molecule has 23 heavy (non-hydrogen) atoms. The molecule has 0 saturated heterocycles. The molecule has 1 N–H and O–H groups in total. The second-order valence-electron chi connectivity index (χ2n) is 5.14. The molecule has 0 bridgehead atoms. The number of rotatable bonds is 6. The normalized spacial score (nSPS) is 10.4. The van der Waals surface area contributed by atoms with Crippen LogP contribution in [0.25, 0.3) is 0 Å². The van der Waals surface area contributed by atoms with Crippen molar-refractivity contribution in [2.45, 2.75) is 6.54 Å². The monoisotopic (exact) mass is 336 g/mol. The first kappa shape index (κ1) is 16.9. The van der Waals surface area contributed by atoms with Crippen molar-refractivity contribution in [1.82, 2.24) is 9.47 Å². The Morgan fingerprint density at radius 1 is 1.30 bits per heavy atom. The number of hydrogen-bond acceptors (Lipinski definition) is 3. The number of carboxylic acids is 1. The van der Waals surface area contributed by atoms with E-state index in [0.717, 1.165) is 5.56 Å². The van der Waals surface area contributed by atoms with Crippen molar-refractivity contribution >= 4 is 23.5 Å². The topological polar surface area (TPSA) is 71.8 Å². The van der Waals surface area contributed by atoms with Crippen LogP contribution < -0.4 is 4.74 Å². The van der Waals surface area contributed by atoms with Crippen molar-refractivity contribution in [3.63, 3.8) is 0 Å². The minimum Gasteiger partial charge on any atom is -0.482 e. The van der Waals surface area contributed by atoms with Gasteiger partial charge in [-0.05, 0) is 23.8 Å². The number of hydrogen-bond donors (Lipinski definition) is 1. The van der Waals surface area contributed by atoms with Crippen LogP contribution in [0.5, 0.6) is 5.75 Å². The number of benzene rings is 1. The van der Waals surface area contributed by atoms with Crippen molar-refractivity contribution in [2.24, 2.45) is 7.05 Å². The van der Waals surface area contributed by atoms with Gasteiger partial charge in [-0.25, -0.2) is 4.79 Å². The zero-order valence-corrected chi connectivity index (χ0v) is 13.6. The van der Waals surface area contributed by atoms with Gasteiger partial charge in [0.05, 0.1) is 5.02 Å². The number of carbonyl (C=O) groups is 2. The van der Waals surface area contributed by atoms with E-state index in [1.165, 1.54) is 0 Å². The van der Waals surface area contributed by atoms with Crippen LogP contribution in [0.4, 0.5) is 0 Å². The Balaban J connectivity index is 1.99. The Bertz CT molecular complexity index is 709. The fourth-order valence-corrected chi connectivity index (χ4v) is 2.36. The maximum Gasteiger partial charge on any atom is 0.341 e. The zero-order valence-electron chi connectivity index (χ0n) is 12.8. The van der Waals surface area contributed by atoms with E-state index in [-0.39, 0.29) is 12.5 Å². The van der Waals surface area contributed by atoms with Crippen LogP contribution in [-0.4, -0.2) is 40.1 Å². The molecule has 0 aliphatic heterocycles. The average molecular weight is 337 g/mol. The van der Waals surface area contributed by atoms with Gasteiger partial charge in [-0.3, -0.25) is 4.79 Å². The van der Waals surface area contributed by atoms with Crippen molar-refractivity contribution in [1.29, 1.82) is 0 Å². The molecule has 2 aromatic rings. The molecular weight excluding hydrogens is 320 g/mol. The molecule has 0 atom stereocenters. The largest absolute Gasteiger partial charge is 0.482 e. The highest BCUT2D eigenvalue weighted by Gasteiger charge is 2.16. The molecule has 0 aliphatic rings. The SMILES string of the molecule is CN(Cc1ccc(OCC(=O)O)cc1)C(=O)c1cc(Cl)cn1C. The summed E-state index contributed by atoms with van der Waals surface area (Å²) in [5, 5.41) is 9.08. The lowest BCUT2D eigenvalue weighted by Crippen LogP contribution is -2.27. The molecule has 122 valence electrons. The molecule has 7 heteroatoms. The van der Waals surface area contributed by atoms with Gasteiger partial charge in [0.15, 0.2) is 6.61 Å². The number of aliphatic carboxylic acids is 1. The quantitative estimate of drug-likeness (QED) is 0.879. The van der Waals surface area contributed by atoms with Gasteiger partial charge in [-0.2, -0.15) is 0 Å². The Morgan fingerprint density at radius 2 is 1.96 bits per heavy atom. The Kier molecular flexibility index (Phi) is 5.28. The predicted molar refractivity (Wildman–Crippen MR) is 85.8 cm³/mol. The van der Waals surface area contributed by atoms with Gasteiger partial charge in [-0.1, -0.05) is 23.7 Å². The van der Waals surface area contributed by atoms with Gasteiger partial charge in [0.25, 0.3) is 5.91 Å². The molecule has 1 aromatic heterocycles. The first-order chi connectivity index (χ1) is 10.9. The number of nitrogens with zero attached hydrogens (tertiary/aromatic N) is 2. The van der Waals surface area contributed by atoms with Gasteiger partial charge in [-0.15, -0.1) is 0 Å². The van der Waals surface area contributed by atoms with Crippen LogP contribution in [0.15, 0.2) is 36.5 Å². The van der Waals surface area contributed by atoms with Gasteiger partial charge in [0.2, 0.25) is 0 Å². The molecule has 2 rings (SSSR count). The summed E-state index contributed by atoms with van der Waals surface area (Å²) in [5.41, 5.74) is 1.42. The lowest BCUT2D eigenvalue weighted by molar-refractivity contribution is -0.139. The van der Waals surface area contributed by atoms with E-state index >= 15 is 0 Å². The van der Waals surface area contributed by atoms with Crippen LogP contribution in [0, 0.1) is 0 Å². The molecule has 1 heterocycles. The summed E-state index contributed by atoms with van der Waals surface area (Å²) < 4.78 is 6.75. The molecule has 0 fully saturated rings. The Morgan fingerprint density at radius 3 is 2.48 bits per heavy atom. The van der Waals surface area contributed by atoms with Gasteiger partial charge in [0, 0.05) is 26.8 Å². The van der Waals surface area contributed by atoms with E-state index < -0.39 is 5.97 Å². The van der Waals surface area contributed by atoms with E-state index in [1.807, 2.05) is 0 Å². The van der Waals surface area contributed by atoms with Crippen molar-refractivity contribution in [2.75, 3.05) is 13.7 Å². The summed E-state index contributed by atoms with van der Waals surface area (Å²) in [7, 11) is 3.47. The molecule has 1 amide bonds. The highest BCUT2D eigenvalue weighted by atomic mass is 35.5. The van der Waals surface area contributed by atoms with E-state index in [1.54, 1.807) is 60.1 Å². The summed E-state index contributed by atoms with van der Waals surface area (Å²) in [5.74, 6) is -0.689. The lowest BCUT2D eigenvalue weighted by atomic mass is 10.2. The summed E-state index contributed by atoms with van der Waals surface area (Å²) in [6.45, 7) is 0.0346. The summed E-state index contributed by atoms with van der Waals surface area (Å²) in [4.78, 5) is 24.4. The molecule has 6 nitrogen and oxygen atoms in total. The standard InChI is InChI=1S/C16H17ClN2O4/c1-18-9-12(17)7-14(18)16(22)19(2)8-11-3-5-13(6-4-11)23-10-15(20)21/h3-7,9H,8,10H2,1-2H3,(H,20,21). The predicted octanol–water partition coefficient (Wildman–Crippen LogP) is 2.41. The van der Waals surface area contributed by atoms with Crippen molar-refractivity contribution in [3.05, 3.63) is 52.8 Å². The maximum absolute atomic E-state index is 12.4. The van der Waals surface area contributed by atoms with E-state index in [9.17, 15) is 9.59 Å². The number of halogens is 1. The minimum absolute atomic E-state index is 0.134. The number of ether oxygens (including phenoxy) is 1. The fourth-order valence-electron chi connectivity index (χ4n) is 2.11. The van der Waals surface area contributed by atoms with Crippen LogP contribution in [0.3, 0.4) is 0 Å². The highest BCUT2D eigenvalue weighted by Crippen LogP contribution is 2.17. The number of aromatic nitrogens is 1. The third-order valence-electron chi connectivity index (χ3n) is 3.24. The third-order valence-corrected chi connectivity index (χ3v) is 3.45. The second kappa shape index (κ2) is 7.19. The fraction of sp³-hybridized carbons (Fsp3) is 0.250. The molecular formula is C16H17ClN2O4. The lowest BCUT2D eigenvalue weighted by Gasteiger charge is -2.17. The first-order valence-corrected chi connectivity index (χ1v) is 7.25. The zero-order chi connectivity index (χ0) is 17.0. The Hall–Kier alpha value is -2.47. The number of carbonyl (C=O) groups excluding carboxylic acids is 1. The van der Waals surface area contributed by atoms with Crippen molar-refractivity contribution in [3.8, 4) is 5.75 Å². The molecule has 0 spiro atoms. The van der Waals surface area contributed by atoms with E-state index in [0.29, 0.717) is 23.0 Å². The second-order valence-corrected chi connectivity index (χ2v) is 5.58. The van der Waals surface area contributed by atoms with Crippen LogP contribution >= 0.6 is 11.6 Å². The van der Waals surface area contributed by atoms with Gasteiger partial charge in [0.1, 0.15) is 11.4 Å². The van der Waals surface area contributed by atoms with Crippen LogP contribution in [0.1, 0.15) is 16.1 Å². The van der Waals surface area contributed by atoms with Crippen LogP contribution in [-0.2, 0) is 18.4 Å². The van der Waals surface area contributed by atoms with Crippen LogP contribution in [0.2, 0.25) is 5.02 Å². The van der Waals surface area contributed by atoms with Gasteiger partial charge >= 0.3 is 5.97 Å². The number of amides is 1. The smallest absolute Gasteiger partial charge is 0.341 e. The summed E-state index contributed by atoms with van der Waals surface area (Å²) >= 11 is 5.90. The summed E-state index contributed by atoms with van der Waals surface area (Å²) in [6.07, 6.45) is 1.68. The maximum atomic E-state index is 12.4. The average Bonchev–Trinajstić information content (AvgIpc) is 2.84. The molecule has 0 radical (unpaired) electrons. The highest BCUT2D eigenvalue weighted by molar-refractivity contribution is 6.31. The number of carboxylic acid groups (broad SMARTS) is 1. The molecule has 0 saturated carbocycles. The third kappa shape index (κ3) is 4.50. The van der Waals surface area contributed by atoms with E-state index in [2.05, 4.69) is 0 Å². The summed E-state index contributed by atoms with van der Waals surface area (Å²) in [6, 6.07) is 8.56. The van der Waals surface area contributed by atoms with Crippen molar-refractivity contribution < 1.29 is 19.4 Å². The number of aryl methyl sites for hydroxylation is 1. The van der Waals surface area contributed by atoms with Gasteiger partial charge < -0.3 is 19.3 Å². The van der Waals surface area contributed by atoms with E-state index in [4.69, 9.17) is 21.4 Å². The minimum atomic E-state index is -1.03. The Labute approximate surface area is 138 Å². The first-order valence-electron chi connectivity index (χ1n) is 6.87. The molecule has 0 aliphatic carbocycles. The molecule has 0 unspecified atom stereocenters. The molecule has 1 aromatic carbocycles.